The normalized spacial score (nSPS) is 13.5. The third-order valence-electron chi connectivity index (χ3n) is 3.20. The second kappa shape index (κ2) is 7.78. The summed E-state index contributed by atoms with van der Waals surface area (Å²) < 4.78 is 5.31. The van der Waals surface area contributed by atoms with Gasteiger partial charge in [0.25, 0.3) is 0 Å². The molecule has 0 aliphatic heterocycles. The molecule has 0 bridgehead atoms. The first-order valence-corrected chi connectivity index (χ1v) is 7.05. The molecular weight excluding hydrogens is 270 g/mol. The summed E-state index contributed by atoms with van der Waals surface area (Å²) in [5.74, 6) is -1.52. The number of nitrogens with one attached hydrogen (secondary N) is 1. The average Bonchev–Trinajstić information content (AvgIpc) is 2.40. The van der Waals surface area contributed by atoms with Gasteiger partial charge in [0.1, 0.15) is 6.61 Å². The quantitative estimate of drug-likeness (QED) is 0.809. The van der Waals surface area contributed by atoms with E-state index in [0.717, 1.165) is 17.5 Å². The molecule has 0 saturated carbocycles. The molecule has 0 heterocycles. The third kappa shape index (κ3) is 5.55. The Hall–Kier alpha value is -1.88. The summed E-state index contributed by atoms with van der Waals surface area (Å²) in [5, 5.41) is 11.8. The molecule has 21 heavy (non-hydrogen) atoms. The monoisotopic (exact) mass is 293 g/mol. The van der Waals surface area contributed by atoms with Crippen LogP contribution in [0.15, 0.2) is 18.2 Å². The Bertz CT molecular complexity index is 493. The van der Waals surface area contributed by atoms with Gasteiger partial charge in [-0.2, -0.15) is 0 Å². The molecule has 1 aromatic carbocycles. The highest BCUT2D eigenvalue weighted by Gasteiger charge is 2.22. The highest BCUT2D eigenvalue weighted by atomic mass is 16.5. The summed E-state index contributed by atoms with van der Waals surface area (Å²) >= 11 is 0. The van der Waals surface area contributed by atoms with Gasteiger partial charge in [-0.1, -0.05) is 36.2 Å². The molecule has 0 aliphatic carbocycles. The van der Waals surface area contributed by atoms with Crippen molar-refractivity contribution in [3.8, 4) is 0 Å². The molecule has 0 saturated heterocycles. The Balaban J connectivity index is 2.78. The number of amides is 1. The van der Waals surface area contributed by atoms with Crippen molar-refractivity contribution in [1.82, 2.24) is 5.32 Å². The van der Waals surface area contributed by atoms with Gasteiger partial charge in [-0.25, -0.2) is 4.79 Å². The maximum Gasteiger partial charge on any atom is 0.330 e. The van der Waals surface area contributed by atoms with E-state index in [0.29, 0.717) is 5.56 Å². The van der Waals surface area contributed by atoms with Crippen molar-refractivity contribution in [3.05, 3.63) is 34.9 Å². The first-order chi connectivity index (χ1) is 9.83. The van der Waals surface area contributed by atoms with Crippen LogP contribution in [0.4, 0.5) is 0 Å². The van der Waals surface area contributed by atoms with Gasteiger partial charge < -0.3 is 15.2 Å². The fraction of sp³-hybridized carbons (Fsp3) is 0.500. The van der Waals surface area contributed by atoms with Crippen molar-refractivity contribution < 1.29 is 19.4 Å². The van der Waals surface area contributed by atoms with Crippen LogP contribution in [0, 0.1) is 13.8 Å². The molecule has 116 valence electrons. The summed E-state index contributed by atoms with van der Waals surface area (Å²) in [6.07, 6.45) is 0.771. The molecule has 1 aromatic rings. The maximum absolute atomic E-state index is 11.8. The van der Waals surface area contributed by atoms with Crippen LogP contribution in [0.2, 0.25) is 0 Å². The summed E-state index contributed by atoms with van der Waals surface area (Å²) in [6, 6.07) is 4.43. The smallest absolute Gasteiger partial charge is 0.330 e. The highest BCUT2D eigenvalue weighted by Crippen LogP contribution is 2.17. The molecule has 1 rings (SSSR count). The third-order valence-corrected chi connectivity index (χ3v) is 3.20. The number of ether oxygens (including phenoxy) is 1. The average molecular weight is 293 g/mol. The summed E-state index contributed by atoms with van der Waals surface area (Å²) in [6.45, 7) is 7.47. The van der Waals surface area contributed by atoms with Gasteiger partial charge >= 0.3 is 5.97 Å². The molecule has 5 heteroatoms. The first-order valence-electron chi connectivity index (χ1n) is 7.05. The molecule has 2 N–H and O–H groups in total. The van der Waals surface area contributed by atoms with Crippen molar-refractivity contribution >= 4 is 11.9 Å². The van der Waals surface area contributed by atoms with E-state index >= 15 is 0 Å². The minimum atomic E-state index is -1.09. The molecule has 0 spiro atoms. The predicted octanol–water partition coefficient (Wildman–Crippen LogP) is 2.36. The van der Waals surface area contributed by atoms with Crippen LogP contribution in [0.1, 0.15) is 43.0 Å². The number of rotatable bonds is 7. The predicted molar refractivity (Wildman–Crippen MR) is 80.1 cm³/mol. The van der Waals surface area contributed by atoms with Gasteiger partial charge in [0.05, 0.1) is 6.10 Å². The minimum absolute atomic E-state index is 0.0276. The molecule has 2 unspecified atom stereocenters. The van der Waals surface area contributed by atoms with Gasteiger partial charge in [0, 0.05) is 0 Å². The van der Waals surface area contributed by atoms with E-state index in [1.54, 1.807) is 12.1 Å². The Morgan fingerprint density at radius 1 is 1.24 bits per heavy atom. The Morgan fingerprint density at radius 2 is 1.81 bits per heavy atom. The molecule has 0 aliphatic rings. The molecule has 0 radical (unpaired) electrons. The molecule has 0 fully saturated rings. The van der Waals surface area contributed by atoms with Crippen LogP contribution < -0.4 is 5.32 Å². The number of carboxylic acid groups (broad SMARTS) is 1. The number of carbonyl (C=O) groups is 2. The van der Waals surface area contributed by atoms with Crippen molar-refractivity contribution in [1.29, 1.82) is 0 Å². The zero-order valence-corrected chi connectivity index (χ0v) is 13.0. The number of aryl methyl sites for hydroxylation is 2. The Morgan fingerprint density at radius 3 is 2.29 bits per heavy atom. The van der Waals surface area contributed by atoms with Crippen molar-refractivity contribution in [2.24, 2.45) is 0 Å². The SMILES string of the molecule is CCC(C)OCC(=O)NC(C(=O)O)c1cc(C)cc(C)c1. The van der Waals surface area contributed by atoms with Crippen LogP contribution in [0.3, 0.4) is 0 Å². The molecule has 5 nitrogen and oxygen atoms in total. The van der Waals surface area contributed by atoms with Crippen molar-refractivity contribution in [2.75, 3.05) is 6.61 Å². The van der Waals surface area contributed by atoms with E-state index in [4.69, 9.17) is 4.74 Å². The van der Waals surface area contributed by atoms with Crippen LogP contribution in [0.5, 0.6) is 0 Å². The number of benzene rings is 1. The molecule has 1 amide bonds. The van der Waals surface area contributed by atoms with E-state index in [9.17, 15) is 14.7 Å². The second-order valence-electron chi connectivity index (χ2n) is 5.29. The largest absolute Gasteiger partial charge is 0.479 e. The van der Waals surface area contributed by atoms with E-state index in [-0.39, 0.29) is 12.7 Å². The lowest BCUT2D eigenvalue weighted by Crippen LogP contribution is -2.36. The van der Waals surface area contributed by atoms with Crippen LogP contribution in [-0.4, -0.2) is 29.7 Å². The van der Waals surface area contributed by atoms with Gasteiger partial charge in [0.2, 0.25) is 5.91 Å². The van der Waals surface area contributed by atoms with E-state index in [1.165, 1.54) is 0 Å². The Labute approximate surface area is 125 Å². The topological polar surface area (TPSA) is 75.6 Å². The lowest BCUT2D eigenvalue weighted by Gasteiger charge is -2.17. The van der Waals surface area contributed by atoms with Crippen LogP contribution >= 0.6 is 0 Å². The number of hydrogen-bond donors (Lipinski definition) is 2. The summed E-state index contributed by atoms with van der Waals surface area (Å²) in [5.41, 5.74) is 2.49. The molecule has 2 atom stereocenters. The number of hydrogen-bond acceptors (Lipinski definition) is 3. The van der Waals surface area contributed by atoms with Crippen molar-refractivity contribution in [2.45, 2.75) is 46.3 Å². The standard InChI is InChI=1S/C16H23NO4/c1-5-12(4)21-9-14(18)17-15(16(19)20)13-7-10(2)6-11(3)8-13/h6-8,12,15H,5,9H2,1-4H3,(H,17,18)(H,19,20). The van der Waals surface area contributed by atoms with E-state index in [1.807, 2.05) is 33.8 Å². The lowest BCUT2D eigenvalue weighted by atomic mass is 10.0. The van der Waals surface area contributed by atoms with Gasteiger partial charge in [-0.3, -0.25) is 4.79 Å². The van der Waals surface area contributed by atoms with E-state index in [2.05, 4.69) is 5.32 Å². The van der Waals surface area contributed by atoms with Gasteiger partial charge in [0.15, 0.2) is 6.04 Å². The summed E-state index contributed by atoms with van der Waals surface area (Å²) in [4.78, 5) is 23.2. The van der Waals surface area contributed by atoms with Gasteiger partial charge in [-0.05, 0) is 32.8 Å². The van der Waals surface area contributed by atoms with E-state index < -0.39 is 17.9 Å². The zero-order chi connectivity index (χ0) is 16.0. The zero-order valence-electron chi connectivity index (χ0n) is 13.0. The van der Waals surface area contributed by atoms with Gasteiger partial charge in [-0.15, -0.1) is 0 Å². The van der Waals surface area contributed by atoms with Crippen LogP contribution in [-0.2, 0) is 14.3 Å². The number of carboxylic acids is 1. The number of aliphatic carboxylic acids is 1. The van der Waals surface area contributed by atoms with Crippen LogP contribution in [0.25, 0.3) is 0 Å². The molecule has 0 aromatic heterocycles. The van der Waals surface area contributed by atoms with Crippen molar-refractivity contribution in [3.63, 3.8) is 0 Å². The second-order valence-corrected chi connectivity index (χ2v) is 5.29. The maximum atomic E-state index is 11.8. The number of carbonyl (C=O) groups excluding carboxylic acids is 1. The fourth-order valence-corrected chi connectivity index (χ4v) is 2.00. The minimum Gasteiger partial charge on any atom is -0.479 e. The first kappa shape index (κ1) is 17.2. The fourth-order valence-electron chi connectivity index (χ4n) is 2.00. The highest BCUT2D eigenvalue weighted by molar-refractivity contribution is 5.85. The lowest BCUT2D eigenvalue weighted by molar-refractivity contribution is -0.143. The summed E-state index contributed by atoms with van der Waals surface area (Å²) in [7, 11) is 0. The molecular formula is C16H23NO4. The Kier molecular flexibility index (Phi) is 6.37.